The van der Waals surface area contributed by atoms with Crippen LogP contribution in [0.3, 0.4) is 0 Å². The predicted octanol–water partition coefficient (Wildman–Crippen LogP) is 4.50. The van der Waals surface area contributed by atoms with Crippen LogP contribution in [-0.2, 0) is 28.5 Å². The lowest BCUT2D eigenvalue weighted by molar-refractivity contribution is 0.196. The molecule has 176 valence electrons. The second-order valence-electron chi connectivity index (χ2n) is 9.96. The summed E-state index contributed by atoms with van der Waals surface area (Å²) < 4.78 is 28.4. The molecule has 1 aliphatic heterocycles. The average Bonchev–Trinajstić information content (AvgIpc) is 3.28. The van der Waals surface area contributed by atoms with Crippen molar-refractivity contribution in [2.24, 2.45) is 0 Å². The number of nitrogens with zero attached hydrogens (tertiary/aromatic N) is 4. The van der Waals surface area contributed by atoms with Gasteiger partial charge in [0.1, 0.15) is 0 Å². The summed E-state index contributed by atoms with van der Waals surface area (Å²) >= 11 is 5.85. The van der Waals surface area contributed by atoms with Crippen molar-refractivity contribution in [3.63, 3.8) is 0 Å². The molecule has 2 heterocycles. The summed E-state index contributed by atoms with van der Waals surface area (Å²) in [7, 11) is -1.00. The Morgan fingerprint density at radius 2 is 1.76 bits per heavy atom. The molecule has 4 rings (SSSR count). The summed E-state index contributed by atoms with van der Waals surface area (Å²) in [4.78, 5) is 2.05. The highest BCUT2D eigenvalue weighted by molar-refractivity contribution is 7.91. The van der Waals surface area contributed by atoms with Gasteiger partial charge in [-0.1, -0.05) is 75.4 Å². The second-order valence-corrected chi connectivity index (χ2v) is 12.6. The summed E-state index contributed by atoms with van der Waals surface area (Å²) in [5, 5.41) is 4.90. The molecule has 1 aromatic heterocycles. The van der Waals surface area contributed by atoms with E-state index in [2.05, 4.69) is 61.7 Å². The van der Waals surface area contributed by atoms with Crippen LogP contribution in [0.2, 0.25) is 0 Å². The van der Waals surface area contributed by atoms with Gasteiger partial charge < -0.3 is 0 Å². The fourth-order valence-corrected chi connectivity index (χ4v) is 6.28. The highest BCUT2D eigenvalue weighted by Gasteiger charge is 2.31. The molecular weight excluding hydrogens is 452 g/mol. The first-order valence-corrected chi connectivity index (χ1v) is 13.5. The van der Waals surface area contributed by atoms with E-state index >= 15 is 0 Å². The van der Waals surface area contributed by atoms with Gasteiger partial charge in [-0.25, -0.2) is 13.1 Å². The van der Waals surface area contributed by atoms with Gasteiger partial charge in [0.2, 0.25) is 0 Å². The predicted molar refractivity (Wildman–Crippen MR) is 136 cm³/mol. The maximum atomic E-state index is 11.9. The second kappa shape index (κ2) is 9.16. The minimum atomic E-state index is -2.95. The number of aromatic nitrogens is 3. The average molecular weight is 485 g/mol. The Kier molecular flexibility index (Phi) is 6.62. The van der Waals surface area contributed by atoms with Gasteiger partial charge >= 0.3 is 0 Å². The Hall–Kier alpha value is -2.29. The van der Waals surface area contributed by atoms with Gasteiger partial charge in [-0.15, -0.1) is 0 Å². The maximum Gasteiger partial charge on any atom is 0.199 e. The third kappa shape index (κ3) is 5.45. The zero-order valence-electron chi connectivity index (χ0n) is 19.7. The lowest BCUT2D eigenvalue weighted by Crippen LogP contribution is -2.34. The van der Waals surface area contributed by atoms with Crippen molar-refractivity contribution in [2.45, 2.75) is 51.9 Å². The molecule has 2 aromatic carbocycles. The van der Waals surface area contributed by atoms with Gasteiger partial charge in [0, 0.05) is 11.6 Å². The first kappa shape index (κ1) is 23.9. The third-order valence-corrected chi connectivity index (χ3v) is 8.49. The van der Waals surface area contributed by atoms with Crippen molar-refractivity contribution >= 4 is 22.1 Å². The molecule has 1 fully saturated rings. The lowest BCUT2D eigenvalue weighted by Gasteiger charge is -2.22. The Bertz CT molecular complexity index is 1270. The molecule has 33 heavy (non-hydrogen) atoms. The van der Waals surface area contributed by atoms with Crippen LogP contribution in [-0.4, -0.2) is 52.3 Å². The van der Waals surface area contributed by atoms with Crippen LogP contribution in [0.15, 0.2) is 54.6 Å². The van der Waals surface area contributed by atoms with Crippen LogP contribution in [0, 0.1) is 4.77 Å². The molecule has 0 bridgehead atoms. The quantitative estimate of drug-likeness (QED) is 0.482. The van der Waals surface area contributed by atoms with E-state index in [1.54, 1.807) is 0 Å². The Labute approximate surface area is 201 Å². The summed E-state index contributed by atoms with van der Waals surface area (Å²) in [6.45, 7) is 7.68. The molecule has 0 aliphatic carbocycles. The number of sulfone groups is 1. The lowest BCUT2D eigenvalue weighted by atomic mass is 9.87. The van der Waals surface area contributed by atoms with Crippen LogP contribution in [0.5, 0.6) is 0 Å². The van der Waals surface area contributed by atoms with Gasteiger partial charge in [-0.05, 0) is 42.2 Å². The highest BCUT2D eigenvalue weighted by Crippen LogP contribution is 2.26. The zero-order chi connectivity index (χ0) is 23.8. The normalized spacial score (nSPS) is 18.2. The largest absolute Gasteiger partial charge is 0.295 e. The van der Waals surface area contributed by atoms with Crippen molar-refractivity contribution in [2.75, 3.05) is 18.6 Å². The standard InChI is InChI=1S/C25H32N4O2S2/c1-25(2,3)21-12-10-20(11-13-21)23-26-29(18-27(4)22-14-15-33(30,31)17-22)24(32)28(23)16-19-8-6-5-7-9-19/h5-13,22H,14-18H2,1-4H3. The molecule has 0 spiro atoms. The van der Waals surface area contributed by atoms with E-state index in [0.717, 1.165) is 17.0 Å². The Morgan fingerprint density at radius 1 is 1.09 bits per heavy atom. The highest BCUT2D eigenvalue weighted by atomic mass is 32.2. The first-order chi connectivity index (χ1) is 15.5. The molecular formula is C25H32N4O2S2. The van der Waals surface area contributed by atoms with E-state index in [1.807, 2.05) is 34.8 Å². The van der Waals surface area contributed by atoms with Gasteiger partial charge in [0.15, 0.2) is 20.4 Å². The molecule has 6 nitrogen and oxygen atoms in total. The van der Waals surface area contributed by atoms with Crippen molar-refractivity contribution in [3.05, 3.63) is 70.5 Å². The zero-order valence-corrected chi connectivity index (χ0v) is 21.4. The molecule has 8 heteroatoms. The van der Waals surface area contributed by atoms with E-state index in [1.165, 1.54) is 5.56 Å². The number of hydrogen-bond acceptors (Lipinski definition) is 5. The fourth-order valence-electron chi connectivity index (χ4n) is 4.22. The summed E-state index contributed by atoms with van der Waals surface area (Å²) in [5.41, 5.74) is 3.50. The molecule has 1 unspecified atom stereocenters. The van der Waals surface area contributed by atoms with E-state index in [0.29, 0.717) is 24.4 Å². The SMILES string of the molecule is CN(Cn1nc(-c2ccc(C(C)(C)C)cc2)n(Cc2ccccc2)c1=S)C1CCS(=O)(=O)C1. The summed E-state index contributed by atoms with van der Waals surface area (Å²) in [5.74, 6) is 1.26. The summed E-state index contributed by atoms with van der Waals surface area (Å²) in [6.07, 6.45) is 0.651. The molecule has 0 amide bonds. The smallest absolute Gasteiger partial charge is 0.199 e. The first-order valence-electron chi connectivity index (χ1n) is 11.3. The van der Waals surface area contributed by atoms with Gasteiger partial charge in [-0.2, -0.15) is 5.10 Å². The minimum Gasteiger partial charge on any atom is -0.295 e. The van der Waals surface area contributed by atoms with Crippen molar-refractivity contribution in [3.8, 4) is 11.4 Å². The van der Waals surface area contributed by atoms with Crippen molar-refractivity contribution in [1.29, 1.82) is 0 Å². The molecule has 1 aliphatic rings. The number of rotatable bonds is 6. The van der Waals surface area contributed by atoms with Gasteiger partial charge in [0.05, 0.1) is 24.7 Å². The van der Waals surface area contributed by atoms with E-state index in [-0.39, 0.29) is 23.0 Å². The molecule has 3 aromatic rings. The van der Waals surface area contributed by atoms with Gasteiger partial charge in [-0.3, -0.25) is 9.47 Å². The molecule has 0 saturated carbocycles. The number of hydrogen-bond donors (Lipinski definition) is 0. The molecule has 0 N–H and O–H groups in total. The molecule has 0 radical (unpaired) electrons. The monoisotopic (exact) mass is 484 g/mol. The Morgan fingerprint density at radius 3 is 2.33 bits per heavy atom. The summed E-state index contributed by atoms with van der Waals surface area (Å²) in [6, 6.07) is 18.7. The van der Waals surface area contributed by atoms with Crippen LogP contribution in [0.4, 0.5) is 0 Å². The fraction of sp³-hybridized carbons (Fsp3) is 0.440. The van der Waals surface area contributed by atoms with E-state index in [9.17, 15) is 8.42 Å². The minimum absolute atomic E-state index is 0.00862. The van der Waals surface area contributed by atoms with Crippen LogP contribution in [0.1, 0.15) is 38.3 Å². The van der Waals surface area contributed by atoms with Crippen molar-refractivity contribution < 1.29 is 8.42 Å². The Balaban J connectivity index is 1.69. The molecule has 1 atom stereocenters. The topological polar surface area (TPSA) is 60.1 Å². The van der Waals surface area contributed by atoms with Crippen LogP contribution >= 0.6 is 12.2 Å². The van der Waals surface area contributed by atoms with E-state index in [4.69, 9.17) is 17.3 Å². The number of benzene rings is 2. The van der Waals surface area contributed by atoms with E-state index < -0.39 is 9.84 Å². The van der Waals surface area contributed by atoms with Crippen molar-refractivity contribution in [1.82, 2.24) is 19.2 Å². The van der Waals surface area contributed by atoms with Gasteiger partial charge in [0.25, 0.3) is 0 Å². The third-order valence-electron chi connectivity index (χ3n) is 6.30. The maximum absolute atomic E-state index is 11.9. The van der Waals surface area contributed by atoms with Crippen LogP contribution in [0.25, 0.3) is 11.4 Å². The molecule has 1 saturated heterocycles. The van der Waals surface area contributed by atoms with Crippen LogP contribution < -0.4 is 0 Å².